The number of ether oxygens (including phenoxy) is 1. The van der Waals surface area contributed by atoms with Crippen LogP contribution in [-0.4, -0.2) is 15.5 Å². The van der Waals surface area contributed by atoms with Gasteiger partial charge in [0.05, 0.1) is 12.0 Å². The van der Waals surface area contributed by atoms with Crippen molar-refractivity contribution in [1.29, 1.82) is 0 Å². The molecule has 0 aliphatic rings. The summed E-state index contributed by atoms with van der Waals surface area (Å²) < 4.78 is 32.8. The van der Waals surface area contributed by atoms with Crippen molar-refractivity contribution < 1.29 is 13.2 Å². The average Bonchev–Trinajstić information content (AvgIpc) is 2.48. The van der Waals surface area contributed by atoms with E-state index in [0.717, 1.165) is 5.56 Å². The lowest BCUT2D eigenvalue weighted by molar-refractivity contribution is 0.411. The standard InChI is InChI=1S/C16H17Cl2NO3S/c1-10-7-16(11(2)6-15(10)22-3)23(20,21)19-9-12-4-5-13(17)8-14(12)18/h4-8,19H,9H2,1-3H3. The molecule has 0 radical (unpaired) electrons. The molecule has 0 heterocycles. The highest BCUT2D eigenvalue weighted by Crippen LogP contribution is 2.26. The van der Waals surface area contributed by atoms with E-state index in [1.54, 1.807) is 51.3 Å². The number of methoxy groups -OCH3 is 1. The first kappa shape index (κ1) is 18.1. The summed E-state index contributed by atoms with van der Waals surface area (Å²) >= 11 is 11.9. The predicted octanol–water partition coefficient (Wildman–Crippen LogP) is 4.10. The van der Waals surface area contributed by atoms with Gasteiger partial charge in [0.1, 0.15) is 5.75 Å². The van der Waals surface area contributed by atoms with Crippen molar-refractivity contribution in [2.75, 3.05) is 7.11 Å². The number of benzene rings is 2. The molecule has 0 aromatic heterocycles. The normalized spacial score (nSPS) is 11.5. The fraction of sp³-hybridized carbons (Fsp3) is 0.250. The molecular weight excluding hydrogens is 357 g/mol. The molecule has 0 bridgehead atoms. The molecule has 124 valence electrons. The largest absolute Gasteiger partial charge is 0.496 e. The molecular formula is C16H17Cl2NO3S. The van der Waals surface area contributed by atoms with Crippen molar-refractivity contribution in [3.05, 3.63) is 57.1 Å². The van der Waals surface area contributed by atoms with Gasteiger partial charge in [-0.3, -0.25) is 0 Å². The number of hydrogen-bond acceptors (Lipinski definition) is 3. The van der Waals surface area contributed by atoms with E-state index in [0.29, 0.717) is 26.9 Å². The molecule has 0 amide bonds. The molecule has 2 aromatic rings. The van der Waals surface area contributed by atoms with Gasteiger partial charge >= 0.3 is 0 Å². The molecule has 0 fully saturated rings. The third-order valence-corrected chi connectivity index (χ3v) is 5.58. The fourth-order valence-electron chi connectivity index (χ4n) is 2.19. The second-order valence-electron chi connectivity index (χ2n) is 5.15. The van der Waals surface area contributed by atoms with Crippen molar-refractivity contribution in [3.8, 4) is 5.75 Å². The van der Waals surface area contributed by atoms with Crippen LogP contribution in [0.1, 0.15) is 16.7 Å². The molecule has 0 unspecified atom stereocenters. The van der Waals surface area contributed by atoms with Gasteiger partial charge in [-0.1, -0.05) is 29.3 Å². The summed E-state index contributed by atoms with van der Waals surface area (Å²) in [5.74, 6) is 0.655. The zero-order valence-corrected chi connectivity index (χ0v) is 15.3. The SMILES string of the molecule is COc1cc(C)c(S(=O)(=O)NCc2ccc(Cl)cc2Cl)cc1C. The topological polar surface area (TPSA) is 55.4 Å². The molecule has 0 aliphatic carbocycles. The van der Waals surface area contributed by atoms with E-state index in [9.17, 15) is 8.42 Å². The molecule has 7 heteroatoms. The van der Waals surface area contributed by atoms with Gasteiger partial charge < -0.3 is 4.74 Å². The molecule has 2 rings (SSSR count). The van der Waals surface area contributed by atoms with E-state index in [1.807, 2.05) is 0 Å². The van der Waals surface area contributed by atoms with Crippen LogP contribution in [0.25, 0.3) is 0 Å². The Morgan fingerprint density at radius 3 is 2.39 bits per heavy atom. The summed E-state index contributed by atoms with van der Waals surface area (Å²) in [5, 5.41) is 0.922. The summed E-state index contributed by atoms with van der Waals surface area (Å²) in [6, 6.07) is 8.24. The quantitative estimate of drug-likeness (QED) is 0.858. The molecule has 4 nitrogen and oxygen atoms in total. The minimum Gasteiger partial charge on any atom is -0.496 e. The molecule has 0 saturated carbocycles. The summed E-state index contributed by atoms with van der Waals surface area (Å²) in [5.41, 5.74) is 2.02. The Labute approximate surface area is 146 Å². The van der Waals surface area contributed by atoms with Crippen LogP contribution in [0.2, 0.25) is 10.0 Å². The van der Waals surface area contributed by atoms with Crippen LogP contribution in [-0.2, 0) is 16.6 Å². The number of rotatable bonds is 5. The second kappa shape index (κ2) is 7.09. The summed E-state index contributed by atoms with van der Waals surface area (Å²) in [6.07, 6.45) is 0. The average molecular weight is 374 g/mol. The zero-order chi connectivity index (χ0) is 17.2. The number of aryl methyl sites for hydroxylation is 2. The van der Waals surface area contributed by atoms with Gasteiger partial charge in [0, 0.05) is 16.6 Å². The van der Waals surface area contributed by atoms with Crippen molar-refractivity contribution in [2.45, 2.75) is 25.3 Å². The van der Waals surface area contributed by atoms with Crippen LogP contribution in [0.15, 0.2) is 35.2 Å². The van der Waals surface area contributed by atoms with Crippen LogP contribution < -0.4 is 9.46 Å². The molecule has 2 aromatic carbocycles. The fourth-order valence-corrected chi connectivity index (χ4v) is 3.98. The second-order valence-corrected chi connectivity index (χ2v) is 7.73. The highest BCUT2D eigenvalue weighted by molar-refractivity contribution is 7.89. The van der Waals surface area contributed by atoms with E-state index in [4.69, 9.17) is 27.9 Å². The van der Waals surface area contributed by atoms with Gasteiger partial charge in [-0.25, -0.2) is 13.1 Å². The number of halogens is 2. The summed E-state index contributed by atoms with van der Waals surface area (Å²) in [6.45, 7) is 3.61. The zero-order valence-electron chi connectivity index (χ0n) is 13.0. The van der Waals surface area contributed by atoms with Crippen molar-refractivity contribution >= 4 is 33.2 Å². The van der Waals surface area contributed by atoms with Crippen molar-refractivity contribution in [2.24, 2.45) is 0 Å². The smallest absolute Gasteiger partial charge is 0.241 e. The summed E-state index contributed by atoms with van der Waals surface area (Å²) in [7, 11) is -2.11. The third-order valence-electron chi connectivity index (χ3n) is 3.45. The predicted molar refractivity (Wildman–Crippen MR) is 93.0 cm³/mol. The van der Waals surface area contributed by atoms with E-state index in [2.05, 4.69) is 4.72 Å². The van der Waals surface area contributed by atoms with Crippen LogP contribution in [0.4, 0.5) is 0 Å². The molecule has 0 atom stereocenters. The number of hydrogen-bond donors (Lipinski definition) is 1. The van der Waals surface area contributed by atoms with E-state index >= 15 is 0 Å². The van der Waals surface area contributed by atoms with Gasteiger partial charge in [0.2, 0.25) is 10.0 Å². The van der Waals surface area contributed by atoms with E-state index in [1.165, 1.54) is 0 Å². The highest BCUT2D eigenvalue weighted by Gasteiger charge is 2.19. The Morgan fingerprint density at radius 1 is 1.09 bits per heavy atom. The monoisotopic (exact) mass is 373 g/mol. The van der Waals surface area contributed by atoms with Crippen molar-refractivity contribution in [1.82, 2.24) is 4.72 Å². The maximum absolute atomic E-state index is 12.5. The van der Waals surface area contributed by atoms with Crippen LogP contribution in [0.3, 0.4) is 0 Å². The van der Waals surface area contributed by atoms with Gasteiger partial charge in [-0.15, -0.1) is 0 Å². The Balaban J connectivity index is 2.27. The lowest BCUT2D eigenvalue weighted by atomic mass is 10.1. The maximum Gasteiger partial charge on any atom is 0.241 e. The molecule has 0 aliphatic heterocycles. The molecule has 23 heavy (non-hydrogen) atoms. The van der Waals surface area contributed by atoms with E-state index < -0.39 is 10.0 Å². The Hall–Kier alpha value is -1.27. The van der Waals surface area contributed by atoms with Crippen LogP contribution in [0.5, 0.6) is 5.75 Å². The molecule has 0 spiro atoms. The van der Waals surface area contributed by atoms with Crippen LogP contribution in [0, 0.1) is 13.8 Å². The first-order valence-corrected chi connectivity index (χ1v) is 9.07. The first-order valence-electron chi connectivity index (χ1n) is 6.83. The summed E-state index contributed by atoms with van der Waals surface area (Å²) in [4.78, 5) is 0.223. The lowest BCUT2D eigenvalue weighted by Gasteiger charge is -2.13. The highest BCUT2D eigenvalue weighted by atomic mass is 35.5. The first-order chi connectivity index (χ1) is 10.7. The number of sulfonamides is 1. The maximum atomic E-state index is 12.5. The van der Waals surface area contributed by atoms with Crippen molar-refractivity contribution in [3.63, 3.8) is 0 Å². The van der Waals surface area contributed by atoms with Gasteiger partial charge in [0.25, 0.3) is 0 Å². The van der Waals surface area contributed by atoms with Gasteiger partial charge in [-0.05, 0) is 54.8 Å². The molecule has 1 N–H and O–H groups in total. The Bertz CT molecular complexity index is 835. The molecule has 0 saturated heterocycles. The van der Waals surface area contributed by atoms with Gasteiger partial charge in [0.15, 0.2) is 0 Å². The third kappa shape index (κ3) is 4.18. The van der Waals surface area contributed by atoms with E-state index in [-0.39, 0.29) is 11.4 Å². The minimum absolute atomic E-state index is 0.0862. The Morgan fingerprint density at radius 2 is 1.78 bits per heavy atom. The minimum atomic E-state index is -3.66. The Kier molecular flexibility index (Phi) is 5.57. The number of nitrogens with one attached hydrogen (secondary N) is 1. The van der Waals surface area contributed by atoms with Crippen LogP contribution >= 0.6 is 23.2 Å². The lowest BCUT2D eigenvalue weighted by Crippen LogP contribution is -2.24. The van der Waals surface area contributed by atoms with Gasteiger partial charge in [-0.2, -0.15) is 0 Å².